The van der Waals surface area contributed by atoms with Crippen molar-refractivity contribution in [3.8, 4) is 0 Å². The Kier molecular flexibility index (Phi) is 3.38. The second-order valence-electron chi connectivity index (χ2n) is 3.39. The first-order chi connectivity index (χ1) is 8.56. The zero-order valence-corrected chi connectivity index (χ0v) is 9.78. The molecule has 3 N–H and O–H groups in total. The maximum Gasteiger partial charge on any atom is 0.258 e. The number of nitrogens with one attached hydrogen (secondary N) is 1. The molecule has 0 fully saturated rings. The quantitative estimate of drug-likeness (QED) is 0.872. The number of hydrogen-bond donors (Lipinski definition) is 2. The van der Waals surface area contributed by atoms with Gasteiger partial charge in [0, 0.05) is 11.8 Å². The first-order valence-corrected chi connectivity index (χ1v) is 5.29. The summed E-state index contributed by atoms with van der Waals surface area (Å²) in [5.41, 5.74) is 5.65. The third-order valence-electron chi connectivity index (χ3n) is 2.08. The lowest BCUT2D eigenvalue weighted by atomic mass is 10.2. The molecule has 7 heteroatoms. The van der Waals surface area contributed by atoms with E-state index in [2.05, 4.69) is 15.3 Å². The molecule has 1 aromatic heterocycles. The van der Waals surface area contributed by atoms with Gasteiger partial charge in [0.25, 0.3) is 5.91 Å². The molecule has 0 saturated carbocycles. The van der Waals surface area contributed by atoms with Gasteiger partial charge in [-0.15, -0.1) is 0 Å². The van der Waals surface area contributed by atoms with Crippen molar-refractivity contribution in [1.82, 2.24) is 9.97 Å². The Morgan fingerprint density at radius 3 is 2.83 bits per heavy atom. The Balaban J connectivity index is 2.19. The van der Waals surface area contributed by atoms with Gasteiger partial charge in [-0.05, 0) is 24.3 Å². The molecule has 0 unspecified atom stereocenters. The number of carbonyl (C=O) groups excluding carboxylic acids is 1. The lowest BCUT2D eigenvalue weighted by Gasteiger charge is -2.04. The van der Waals surface area contributed by atoms with E-state index in [1.165, 1.54) is 24.4 Å². The topological polar surface area (TPSA) is 80.9 Å². The van der Waals surface area contributed by atoms with Crippen LogP contribution in [0.1, 0.15) is 10.4 Å². The number of anilines is 2. The fourth-order valence-corrected chi connectivity index (χ4v) is 1.42. The van der Waals surface area contributed by atoms with Crippen molar-refractivity contribution in [2.75, 3.05) is 11.1 Å². The number of hydrogen-bond acceptors (Lipinski definition) is 4. The number of nitrogens with zero attached hydrogens (tertiary/aromatic N) is 2. The predicted molar refractivity (Wildman–Crippen MR) is 65.8 cm³/mol. The first-order valence-electron chi connectivity index (χ1n) is 4.91. The smallest absolute Gasteiger partial charge is 0.258 e. The highest BCUT2D eigenvalue weighted by Gasteiger charge is 2.10. The van der Waals surface area contributed by atoms with Gasteiger partial charge >= 0.3 is 0 Å². The number of nitrogens with two attached hydrogens (primary N) is 1. The van der Waals surface area contributed by atoms with Crippen LogP contribution in [0.25, 0.3) is 0 Å². The Labute approximate surface area is 107 Å². The highest BCUT2D eigenvalue weighted by molar-refractivity contribution is 6.31. The van der Waals surface area contributed by atoms with E-state index < -0.39 is 11.7 Å². The summed E-state index contributed by atoms with van der Waals surface area (Å²) >= 11 is 5.58. The molecule has 1 heterocycles. The Bertz CT molecular complexity index is 605. The summed E-state index contributed by atoms with van der Waals surface area (Å²) in [5.74, 6) is -0.784. The number of halogens is 2. The second-order valence-corrected chi connectivity index (χ2v) is 3.80. The summed E-state index contributed by atoms with van der Waals surface area (Å²) in [6.07, 6.45) is 1.41. The van der Waals surface area contributed by atoms with Crippen molar-refractivity contribution in [2.24, 2.45) is 0 Å². The molecule has 0 saturated heterocycles. The standard InChI is InChI=1S/C11H8ClFN4O/c12-7-5-6(1-2-8(7)13)10(18)17-11-15-4-3-9(14)16-11/h1-5H,(H3,14,15,16,17,18). The zero-order valence-electron chi connectivity index (χ0n) is 9.02. The number of benzene rings is 1. The van der Waals surface area contributed by atoms with Gasteiger partial charge in [0.15, 0.2) is 0 Å². The largest absolute Gasteiger partial charge is 0.384 e. The summed E-state index contributed by atoms with van der Waals surface area (Å²) < 4.78 is 12.9. The molecule has 2 aromatic rings. The molecule has 2 rings (SSSR count). The van der Waals surface area contributed by atoms with Crippen LogP contribution < -0.4 is 11.1 Å². The molecule has 1 amide bonds. The summed E-state index contributed by atoms with van der Waals surface area (Å²) in [7, 11) is 0. The first kappa shape index (κ1) is 12.3. The lowest BCUT2D eigenvalue weighted by Crippen LogP contribution is -2.14. The monoisotopic (exact) mass is 266 g/mol. The van der Waals surface area contributed by atoms with Crippen LogP contribution in [0, 0.1) is 5.82 Å². The van der Waals surface area contributed by atoms with E-state index in [1.54, 1.807) is 0 Å². The van der Waals surface area contributed by atoms with E-state index in [0.29, 0.717) is 0 Å². The SMILES string of the molecule is Nc1ccnc(NC(=O)c2ccc(F)c(Cl)c2)n1. The number of carbonyl (C=O) groups is 1. The molecular formula is C11H8ClFN4O. The molecule has 0 aliphatic rings. The van der Waals surface area contributed by atoms with E-state index in [-0.39, 0.29) is 22.4 Å². The number of nitrogen functional groups attached to an aromatic ring is 1. The van der Waals surface area contributed by atoms with Crippen LogP contribution in [-0.2, 0) is 0 Å². The van der Waals surface area contributed by atoms with Gasteiger partial charge in [0.1, 0.15) is 11.6 Å². The van der Waals surface area contributed by atoms with Crippen LogP contribution in [0.15, 0.2) is 30.5 Å². The van der Waals surface area contributed by atoms with Crippen LogP contribution in [0.3, 0.4) is 0 Å². The third-order valence-corrected chi connectivity index (χ3v) is 2.37. The molecule has 0 spiro atoms. The van der Waals surface area contributed by atoms with E-state index in [0.717, 1.165) is 6.07 Å². The number of rotatable bonds is 2. The van der Waals surface area contributed by atoms with Crippen LogP contribution >= 0.6 is 11.6 Å². The zero-order chi connectivity index (χ0) is 13.1. The van der Waals surface area contributed by atoms with Crippen molar-refractivity contribution in [3.63, 3.8) is 0 Å². The van der Waals surface area contributed by atoms with Crippen molar-refractivity contribution >= 4 is 29.3 Å². The lowest BCUT2D eigenvalue weighted by molar-refractivity contribution is 0.102. The average Bonchev–Trinajstić information content (AvgIpc) is 2.32. The second kappa shape index (κ2) is 4.97. The fourth-order valence-electron chi connectivity index (χ4n) is 1.24. The minimum absolute atomic E-state index is 0.0699. The van der Waals surface area contributed by atoms with E-state index in [4.69, 9.17) is 17.3 Å². The molecular weight excluding hydrogens is 259 g/mol. The highest BCUT2D eigenvalue weighted by Crippen LogP contribution is 2.16. The summed E-state index contributed by atoms with van der Waals surface area (Å²) in [6.45, 7) is 0. The fraction of sp³-hybridized carbons (Fsp3) is 0. The van der Waals surface area contributed by atoms with Crippen LogP contribution in [0.2, 0.25) is 5.02 Å². The van der Waals surface area contributed by atoms with Gasteiger partial charge in [-0.2, -0.15) is 4.98 Å². The third kappa shape index (κ3) is 2.72. The van der Waals surface area contributed by atoms with E-state index >= 15 is 0 Å². The van der Waals surface area contributed by atoms with Gasteiger partial charge < -0.3 is 5.73 Å². The highest BCUT2D eigenvalue weighted by atomic mass is 35.5. The molecule has 92 valence electrons. The number of aromatic nitrogens is 2. The molecule has 0 atom stereocenters. The summed E-state index contributed by atoms with van der Waals surface area (Å²) in [4.78, 5) is 19.4. The van der Waals surface area contributed by atoms with Crippen molar-refractivity contribution < 1.29 is 9.18 Å². The minimum atomic E-state index is -0.589. The van der Waals surface area contributed by atoms with Crippen molar-refractivity contribution in [2.45, 2.75) is 0 Å². The Morgan fingerprint density at radius 2 is 2.17 bits per heavy atom. The average molecular weight is 267 g/mol. The molecule has 0 aliphatic carbocycles. The predicted octanol–water partition coefficient (Wildman–Crippen LogP) is 2.10. The van der Waals surface area contributed by atoms with Crippen LogP contribution in [-0.4, -0.2) is 15.9 Å². The summed E-state index contributed by atoms with van der Waals surface area (Å²) in [6, 6.07) is 5.13. The van der Waals surface area contributed by atoms with Gasteiger partial charge in [-0.3, -0.25) is 10.1 Å². The Morgan fingerprint density at radius 1 is 1.39 bits per heavy atom. The van der Waals surface area contributed by atoms with Crippen LogP contribution in [0.5, 0.6) is 0 Å². The summed E-state index contributed by atoms with van der Waals surface area (Å²) in [5, 5.41) is 2.29. The maximum absolute atomic E-state index is 12.9. The van der Waals surface area contributed by atoms with Crippen molar-refractivity contribution in [3.05, 3.63) is 46.9 Å². The van der Waals surface area contributed by atoms with Gasteiger partial charge in [0.2, 0.25) is 5.95 Å². The molecule has 0 aliphatic heterocycles. The van der Waals surface area contributed by atoms with E-state index in [9.17, 15) is 9.18 Å². The van der Waals surface area contributed by atoms with Crippen molar-refractivity contribution in [1.29, 1.82) is 0 Å². The molecule has 1 aromatic carbocycles. The maximum atomic E-state index is 12.9. The molecule has 0 bridgehead atoms. The molecule has 5 nitrogen and oxygen atoms in total. The number of amides is 1. The van der Waals surface area contributed by atoms with E-state index in [1.807, 2.05) is 0 Å². The Hall–Kier alpha value is -2.21. The van der Waals surface area contributed by atoms with Crippen LogP contribution in [0.4, 0.5) is 16.2 Å². The molecule has 18 heavy (non-hydrogen) atoms. The normalized spacial score (nSPS) is 10.1. The van der Waals surface area contributed by atoms with Gasteiger partial charge in [0.05, 0.1) is 5.02 Å². The van der Waals surface area contributed by atoms with Gasteiger partial charge in [-0.1, -0.05) is 11.6 Å². The molecule has 0 radical (unpaired) electrons. The van der Waals surface area contributed by atoms with Gasteiger partial charge in [-0.25, -0.2) is 9.37 Å². The minimum Gasteiger partial charge on any atom is -0.384 e.